The molecular formula is C14H13ClN4O5S. The highest BCUT2D eigenvalue weighted by atomic mass is 35.5. The molecule has 0 saturated heterocycles. The number of esters is 1. The third kappa shape index (κ3) is 5.76. The average molecular weight is 385 g/mol. The highest BCUT2D eigenvalue weighted by molar-refractivity contribution is 7.15. The van der Waals surface area contributed by atoms with Gasteiger partial charge in [0, 0.05) is 17.5 Å². The van der Waals surface area contributed by atoms with Crippen LogP contribution in [-0.4, -0.2) is 27.0 Å². The molecule has 0 saturated carbocycles. The summed E-state index contributed by atoms with van der Waals surface area (Å²) in [5.41, 5.74) is -0.0128. The molecule has 1 heterocycles. The molecule has 0 aliphatic carbocycles. The van der Waals surface area contributed by atoms with E-state index >= 15 is 0 Å². The lowest BCUT2D eigenvalue weighted by Gasteiger charge is -2.06. The number of rotatable bonds is 7. The first-order valence-electron chi connectivity index (χ1n) is 7.03. The SMILES string of the molecule is Cc1nnc(NC(=O)CCC(=O)OCc2ccc(Cl)cc2[N+](=O)[O-])s1. The van der Waals surface area contributed by atoms with Gasteiger partial charge in [0.25, 0.3) is 5.69 Å². The second kappa shape index (κ2) is 8.49. The minimum atomic E-state index is -0.646. The summed E-state index contributed by atoms with van der Waals surface area (Å²) in [6.07, 6.45) is -0.259. The maximum absolute atomic E-state index is 11.7. The van der Waals surface area contributed by atoms with Crippen molar-refractivity contribution in [1.29, 1.82) is 0 Å². The summed E-state index contributed by atoms with van der Waals surface area (Å²) >= 11 is 6.93. The molecule has 0 fully saturated rings. The molecule has 2 rings (SSSR count). The number of benzene rings is 1. The van der Waals surface area contributed by atoms with Gasteiger partial charge in [-0.1, -0.05) is 22.9 Å². The number of aromatic nitrogens is 2. The number of nitrogens with zero attached hydrogens (tertiary/aromatic N) is 3. The summed E-state index contributed by atoms with van der Waals surface area (Å²) in [6.45, 7) is 1.48. The minimum absolute atomic E-state index is 0.0971. The largest absolute Gasteiger partial charge is 0.461 e. The number of anilines is 1. The van der Waals surface area contributed by atoms with E-state index < -0.39 is 16.8 Å². The van der Waals surface area contributed by atoms with Crippen LogP contribution >= 0.6 is 22.9 Å². The fourth-order valence-corrected chi connectivity index (χ4v) is 2.58. The first kappa shape index (κ1) is 18.7. The zero-order valence-electron chi connectivity index (χ0n) is 13.0. The minimum Gasteiger partial charge on any atom is -0.461 e. The Morgan fingerprint density at radius 2 is 2.12 bits per heavy atom. The first-order chi connectivity index (χ1) is 11.8. The van der Waals surface area contributed by atoms with E-state index in [-0.39, 0.29) is 35.7 Å². The lowest BCUT2D eigenvalue weighted by molar-refractivity contribution is -0.385. The van der Waals surface area contributed by atoms with Crippen LogP contribution < -0.4 is 5.32 Å². The summed E-state index contributed by atoms with van der Waals surface area (Å²) in [5, 5.41) is 22.2. The van der Waals surface area contributed by atoms with E-state index in [0.29, 0.717) is 10.1 Å². The van der Waals surface area contributed by atoms with E-state index in [9.17, 15) is 19.7 Å². The summed E-state index contributed by atoms with van der Waals surface area (Å²) in [6, 6.07) is 4.07. The molecule has 1 amide bonds. The van der Waals surface area contributed by atoms with Gasteiger partial charge in [0.05, 0.1) is 16.9 Å². The number of nitro benzene ring substituents is 1. The van der Waals surface area contributed by atoms with E-state index in [1.165, 1.54) is 29.5 Å². The number of ether oxygens (including phenoxy) is 1. The van der Waals surface area contributed by atoms with E-state index in [2.05, 4.69) is 15.5 Å². The molecule has 2 aromatic rings. The van der Waals surface area contributed by atoms with Gasteiger partial charge in [0.2, 0.25) is 11.0 Å². The van der Waals surface area contributed by atoms with Crippen LogP contribution in [0.5, 0.6) is 0 Å². The van der Waals surface area contributed by atoms with E-state index in [0.717, 1.165) is 0 Å². The number of halogens is 1. The smallest absolute Gasteiger partial charge is 0.306 e. The molecule has 0 spiro atoms. The van der Waals surface area contributed by atoms with Gasteiger partial charge in [-0.2, -0.15) is 0 Å². The molecule has 0 unspecified atom stereocenters. The van der Waals surface area contributed by atoms with E-state index in [1.54, 1.807) is 6.92 Å². The number of hydrogen-bond acceptors (Lipinski definition) is 8. The maximum Gasteiger partial charge on any atom is 0.306 e. The number of nitro groups is 1. The topological polar surface area (TPSA) is 124 Å². The zero-order chi connectivity index (χ0) is 18.4. The first-order valence-corrected chi connectivity index (χ1v) is 8.23. The van der Waals surface area contributed by atoms with E-state index in [1.807, 2.05) is 0 Å². The Hall–Kier alpha value is -2.59. The number of hydrogen-bond donors (Lipinski definition) is 1. The number of amides is 1. The molecular weight excluding hydrogens is 372 g/mol. The quantitative estimate of drug-likeness (QED) is 0.442. The normalized spacial score (nSPS) is 10.3. The van der Waals surface area contributed by atoms with Gasteiger partial charge >= 0.3 is 5.97 Å². The monoisotopic (exact) mass is 384 g/mol. The second-order valence-corrected chi connectivity index (χ2v) is 6.48. The number of nitrogens with one attached hydrogen (secondary N) is 1. The molecule has 9 nitrogen and oxygen atoms in total. The molecule has 132 valence electrons. The van der Waals surface area contributed by atoms with Gasteiger partial charge in [0.15, 0.2) is 0 Å². The van der Waals surface area contributed by atoms with Gasteiger partial charge < -0.3 is 10.1 Å². The van der Waals surface area contributed by atoms with Crippen LogP contribution in [0.4, 0.5) is 10.8 Å². The Labute approximate surface area is 151 Å². The summed E-state index contributed by atoms with van der Waals surface area (Å²) in [7, 11) is 0. The van der Waals surface area contributed by atoms with Crippen LogP contribution in [0.3, 0.4) is 0 Å². The van der Waals surface area contributed by atoms with Crippen LogP contribution in [0.2, 0.25) is 5.02 Å². The van der Waals surface area contributed by atoms with Crippen molar-refractivity contribution in [1.82, 2.24) is 10.2 Å². The third-order valence-corrected chi connectivity index (χ3v) is 3.95. The molecule has 0 atom stereocenters. The molecule has 0 bridgehead atoms. The standard InChI is InChI=1S/C14H13ClN4O5S/c1-8-17-18-14(25-8)16-12(20)4-5-13(21)24-7-9-2-3-10(15)6-11(9)19(22)23/h2-3,6H,4-5,7H2,1H3,(H,16,18,20). The van der Waals surface area contributed by atoms with Crippen LogP contribution in [0.25, 0.3) is 0 Å². The highest BCUT2D eigenvalue weighted by Crippen LogP contribution is 2.24. The Balaban J connectivity index is 1.81. The Kier molecular flexibility index (Phi) is 6.37. The molecule has 1 aromatic heterocycles. The van der Waals surface area contributed by atoms with Crippen molar-refractivity contribution in [2.24, 2.45) is 0 Å². The average Bonchev–Trinajstić information content (AvgIpc) is 2.96. The molecule has 0 aliphatic rings. The van der Waals surface area contributed by atoms with Gasteiger partial charge in [-0.05, 0) is 19.1 Å². The predicted molar refractivity (Wildman–Crippen MR) is 90.4 cm³/mol. The number of aryl methyl sites for hydroxylation is 1. The fourth-order valence-electron chi connectivity index (χ4n) is 1.80. The fraction of sp³-hybridized carbons (Fsp3) is 0.286. The second-order valence-electron chi connectivity index (χ2n) is 4.87. The summed E-state index contributed by atoms with van der Waals surface area (Å²) < 4.78 is 4.97. The molecule has 1 N–H and O–H groups in total. The lowest BCUT2D eigenvalue weighted by atomic mass is 10.2. The number of carbonyl (C=O) groups excluding carboxylic acids is 2. The zero-order valence-corrected chi connectivity index (χ0v) is 14.6. The summed E-state index contributed by atoms with van der Waals surface area (Å²) in [5.74, 6) is -1.04. The highest BCUT2D eigenvalue weighted by Gasteiger charge is 2.16. The van der Waals surface area contributed by atoms with Crippen LogP contribution in [0.1, 0.15) is 23.4 Å². The van der Waals surface area contributed by atoms with Crippen molar-refractivity contribution in [2.45, 2.75) is 26.4 Å². The maximum atomic E-state index is 11.7. The molecule has 11 heteroatoms. The lowest BCUT2D eigenvalue weighted by Crippen LogP contribution is -2.14. The molecule has 25 heavy (non-hydrogen) atoms. The Morgan fingerprint density at radius 1 is 1.36 bits per heavy atom. The van der Waals surface area contributed by atoms with Gasteiger partial charge in [-0.15, -0.1) is 10.2 Å². The van der Waals surface area contributed by atoms with Gasteiger partial charge in [0.1, 0.15) is 11.6 Å². The van der Waals surface area contributed by atoms with Gasteiger partial charge in [-0.25, -0.2) is 0 Å². The van der Waals surface area contributed by atoms with Crippen molar-refractivity contribution in [3.05, 3.63) is 43.9 Å². The van der Waals surface area contributed by atoms with Crippen LogP contribution in [-0.2, 0) is 20.9 Å². The molecule has 0 radical (unpaired) electrons. The predicted octanol–water partition coefficient (Wildman–Crippen LogP) is 2.87. The third-order valence-electron chi connectivity index (χ3n) is 2.96. The van der Waals surface area contributed by atoms with Crippen molar-refractivity contribution in [2.75, 3.05) is 5.32 Å². The Morgan fingerprint density at radius 3 is 2.76 bits per heavy atom. The number of carbonyl (C=O) groups is 2. The molecule has 1 aromatic carbocycles. The summed E-state index contributed by atoms with van der Waals surface area (Å²) in [4.78, 5) is 33.7. The van der Waals surface area contributed by atoms with E-state index in [4.69, 9.17) is 16.3 Å². The van der Waals surface area contributed by atoms with Crippen molar-refractivity contribution >= 4 is 45.6 Å². The van der Waals surface area contributed by atoms with Crippen LogP contribution in [0, 0.1) is 17.0 Å². The molecule has 0 aliphatic heterocycles. The van der Waals surface area contributed by atoms with Crippen molar-refractivity contribution < 1.29 is 19.2 Å². The van der Waals surface area contributed by atoms with Crippen LogP contribution in [0.15, 0.2) is 18.2 Å². The van der Waals surface area contributed by atoms with Gasteiger partial charge in [-0.3, -0.25) is 19.7 Å². The van der Waals surface area contributed by atoms with Crippen molar-refractivity contribution in [3.8, 4) is 0 Å². The Bertz CT molecular complexity index is 810. The van der Waals surface area contributed by atoms with Crippen molar-refractivity contribution in [3.63, 3.8) is 0 Å².